The molecule has 1 fully saturated rings. The van der Waals surface area contributed by atoms with Crippen LogP contribution in [0, 0.1) is 6.92 Å². The molecule has 1 saturated heterocycles. The molecular formula is C24H38N2O4. The largest absolute Gasteiger partial charge is 0.465 e. The number of hydrogen-bond donors (Lipinski definition) is 1. The SMILES string of the molecule is CCCC(O)(CCC)c1ccc(CN(CCN2CCOCC2)Cc2ccc(C)o2)o1. The van der Waals surface area contributed by atoms with Crippen LogP contribution >= 0.6 is 0 Å². The normalized spacial score (nSPS) is 15.9. The summed E-state index contributed by atoms with van der Waals surface area (Å²) in [5, 5.41) is 11.1. The van der Waals surface area contributed by atoms with Crippen molar-refractivity contribution in [1.82, 2.24) is 9.80 Å². The number of morpholine rings is 1. The molecule has 2 aromatic rings. The zero-order chi connectivity index (χ0) is 21.4. The van der Waals surface area contributed by atoms with E-state index in [-0.39, 0.29) is 0 Å². The summed E-state index contributed by atoms with van der Waals surface area (Å²) in [5.74, 6) is 3.49. The Kier molecular flexibility index (Phi) is 8.57. The summed E-state index contributed by atoms with van der Waals surface area (Å²) in [6, 6.07) is 8.03. The molecule has 1 aliphatic rings. The van der Waals surface area contributed by atoms with Crippen LogP contribution in [0.3, 0.4) is 0 Å². The van der Waals surface area contributed by atoms with E-state index in [0.29, 0.717) is 12.3 Å². The second-order valence-electron chi connectivity index (χ2n) is 8.47. The fourth-order valence-corrected chi connectivity index (χ4v) is 4.24. The van der Waals surface area contributed by atoms with Crippen LogP contribution in [-0.4, -0.2) is 54.3 Å². The number of hydrogen-bond acceptors (Lipinski definition) is 6. The van der Waals surface area contributed by atoms with Crippen LogP contribution < -0.4 is 0 Å². The highest BCUT2D eigenvalue weighted by Crippen LogP contribution is 2.33. The summed E-state index contributed by atoms with van der Waals surface area (Å²) < 4.78 is 17.5. The van der Waals surface area contributed by atoms with E-state index < -0.39 is 5.60 Å². The van der Waals surface area contributed by atoms with Gasteiger partial charge < -0.3 is 18.7 Å². The molecule has 1 aliphatic heterocycles. The van der Waals surface area contributed by atoms with Crippen LogP contribution in [0.4, 0.5) is 0 Å². The highest BCUT2D eigenvalue weighted by atomic mass is 16.5. The molecule has 0 unspecified atom stereocenters. The standard InChI is InChI=1S/C24H38N2O4/c1-4-10-24(27,11-5-2)23-9-8-22(30-23)19-26(18-21-7-6-20(3)29-21)13-12-25-14-16-28-17-15-25/h6-9,27H,4-5,10-19H2,1-3H3. The second-order valence-corrected chi connectivity index (χ2v) is 8.47. The Balaban J connectivity index is 1.67. The molecule has 0 bridgehead atoms. The van der Waals surface area contributed by atoms with Gasteiger partial charge in [-0.3, -0.25) is 9.80 Å². The van der Waals surface area contributed by atoms with Crippen molar-refractivity contribution in [2.75, 3.05) is 39.4 Å². The lowest BCUT2D eigenvalue weighted by Crippen LogP contribution is -2.41. The van der Waals surface area contributed by atoms with Crippen molar-refractivity contribution in [3.63, 3.8) is 0 Å². The molecule has 0 amide bonds. The Bertz CT molecular complexity index is 742. The molecule has 6 heteroatoms. The van der Waals surface area contributed by atoms with Gasteiger partial charge >= 0.3 is 0 Å². The maximum Gasteiger partial charge on any atom is 0.135 e. The van der Waals surface area contributed by atoms with Crippen molar-refractivity contribution in [3.8, 4) is 0 Å². The molecule has 30 heavy (non-hydrogen) atoms. The predicted octanol–water partition coefficient (Wildman–Crippen LogP) is 4.30. The summed E-state index contributed by atoms with van der Waals surface area (Å²) in [7, 11) is 0. The highest BCUT2D eigenvalue weighted by molar-refractivity contribution is 5.14. The molecular weight excluding hydrogens is 380 g/mol. The Morgan fingerprint density at radius 2 is 1.60 bits per heavy atom. The lowest BCUT2D eigenvalue weighted by molar-refractivity contribution is -0.00542. The monoisotopic (exact) mass is 418 g/mol. The van der Waals surface area contributed by atoms with E-state index in [9.17, 15) is 5.11 Å². The summed E-state index contributed by atoms with van der Waals surface area (Å²) in [6.45, 7) is 13.1. The third-order valence-electron chi connectivity index (χ3n) is 5.84. The molecule has 0 aliphatic carbocycles. The van der Waals surface area contributed by atoms with Gasteiger partial charge in [-0.05, 0) is 44.0 Å². The summed E-state index contributed by atoms with van der Waals surface area (Å²) in [4.78, 5) is 4.80. The smallest absolute Gasteiger partial charge is 0.135 e. The number of aliphatic hydroxyl groups is 1. The minimum atomic E-state index is -0.863. The van der Waals surface area contributed by atoms with E-state index in [2.05, 4.69) is 23.6 Å². The first-order valence-electron chi connectivity index (χ1n) is 11.4. The van der Waals surface area contributed by atoms with E-state index >= 15 is 0 Å². The lowest BCUT2D eigenvalue weighted by Gasteiger charge is -2.29. The number of furan rings is 2. The van der Waals surface area contributed by atoms with Crippen LogP contribution in [0.25, 0.3) is 0 Å². The minimum absolute atomic E-state index is 0.693. The number of rotatable bonds is 12. The van der Waals surface area contributed by atoms with Gasteiger partial charge in [-0.1, -0.05) is 26.7 Å². The second kappa shape index (κ2) is 11.1. The molecule has 0 saturated carbocycles. The lowest BCUT2D eigenvalue weighted by atomic mass is 9.90. The third-order valence-corrected chi connectivity index (χ3v) is 5.84. The summed E-state index contributed by atoms with van der Waals surface area (Å²) in [6.07, 6.45) is 3.30. The molecule has 168 valence electrons. The van der Waals surface area contributed by atoms with Gasteiger partial charge in [-0.15, -0.1) is 0 Å². The topological polar surface area (TPSA) is 62.2 Å². The van der Waals surface area contributed by atoms with E-state index in [0.717, 1.165) is 88.9 Å². The van der Waals surface area contributed by atoms with Crippen molar-refractivity contribution < 1.29 is 18.7 Å². The molecule has 3 heterocycles. The number of aryl methyl sites for hydroxylation is 1. The quantitative estimate of drug-likeness (QED) is 0.554. The van der Waals surface area contributed by atoms with Crippen molar-refractivity contribution in [2.24, 2.45) is 0 Å². The third kappa shape index (κ3) is 6.45. The number of ether oxygens (including phenoxy) is 1. The maximum atomic E-state index is 11.1. The number of nitrogens with zero attached hydrogens (tertiary/aromatic N) is 2. The zero-order valence-corrected chi connectivity index (χ0v) is 18.9. The molecule has 2 aromatic heterocycles. The van der Waals surface area contributed by atoms with Crippen molar-refractivity contribution in [3.05, 3.63) is 47.3 Å². The molecule has 1 N–H and O–H groups in total. The van der Waals surface area contributed by atoms with Gasteiger partial charge in [0.1, 0.15) is 28.6 Å². The Labute approximate surface area is 180 Å². The molecule has 0 aromatic carbocycles. The van der Waals surface area contributed by atoms with Crippen LogP contribution in [-0.2, 0) is 23.4 Å². The fourth-order valence-electron chi connectivity index (χ4n) is 4.24. The van der Waals surface area contributed by atoms with Crippen LogP contribution in [0.15, 0.2) is 33.1 Å². The van der Waals surface area contributed by atoms with Gasteiger partial charge in [0.05, 0.1) is 26.3 Å². The van der Waals surface area contributed by atoms with Crippen LogP contribution in [0.1, 0.15) is 62.6 Å². The van der Waals surface area contributed by atoms with E-state index in [1.54, 1.807) is 0 Å². The average molecular weight is 419 g/mol. The summed E-state index contributed by atoms with van der Waals surface area (Å²) >= 11 is 0. The predicted molar refractivity (Wildman–Crippen MR) is 117 cm³/mol. The molecule has 6 nitrogen and oxygen atoms in total. The first kappa shape index (κ1) is 23.1. The van der Waals surface area contributed by atoms with Crippen LogP contribution in [0.2, 0.25) is 0 Å². The van der Waals surface area contributed by atoms with Gasteiger partial charge in [0.2, 0.25) is 0 Å². The minimum Gasteiger partial charge on any atom is -0.465 e. The molecule has 3 rings (SSSR count). The van der Waals surface area contributed by atoms with Gasteiger partial charge in [-0.25, -0.2) is 0 Å². The van der Waals surface area contributed by atoms with Gasteiger partial charge in [0.25, 0.3) is 0 Å². The van der Waals surface area contributed by atoms with Gasteiger partial charge in [0, 0.05) is 26.2 Å². The van der Waals surface area contributed by atoms with Gasteiger partial charge in [0.15, 0.2) is 0 Å². The maximum absolute atomic E-state index is 11.1. The summed E-state index contributed by atoms with van der Waals surface area (Å²) in [5.41, 5.74) is -0.863. The fraction of sp³-hybridized carbons (Fsp3) is 0.667. The first-order valence-corrected chi connectivity index (χ1v) is 11.4. The molecule has 0 spiro atoms. The Hall–Kier alpha value is -1.60. The zero-order valence-electron chi connectivity index (χ0n) is 18.9. The first-order chi connectivity index (χ1) is 14.5. The average Bonchev–Trinajstić information content (AvgIpc) is 3.37. The van der Waals surface area contributed by atoms with E-state index in [1.165, 1.54) is 0 Å². The van der Waals surface area contributed by atoms with Gasteiger partial charge in [-0.2, -0.15) is 0 Å². The van der Waals surface area contributed by atoms with Crippen molar-refractivity contribution >= 4 is 0 Å². The Morgan fingerprint density at radius 1 is 0.967 bits per heavy atom. The van der Waals surface area contributed by atoms with Crippen molar-refractivity contribution in [1.29, 1.82) is 0 Å². The van der Waals surface area contributed by atoms with Crippen molar-refractivity contribution in [2.45, 2.75) is 65.1 Å². The van der Waals surface area contributed by atoms with E-state index in [1.807, 2.05) is 31.2 Å². The molecule has 0 radical (unpaired) electrons. The molecule has 0 atom stereocenters. The van der Waals surface area contributed by atoms with E-state index in [4.69, 9.17) is 13.6 Å². The van der Waals surface area contributed by atoms with Crippen LogP contribution in [0.5, 0.6) is 0 Å². The highest BCUT2D eigenvalue weighted by Gasteiger charge is 2.31. The Morgan fingerprint density at radius 3 is 2.20 bits per heavy atom.